The fourth-order valence-electron chi connectivity index (χ4n) is 7.28. The van der Waals surface area contributed by atoms with Gasteiger partial charge in [0.2, 0.25) is 5.89 Å². The van der Waals surface area contributed by atoms with Crippen LogP contribution in [0.4, 0.5) is 17.1 Å². The zero-order valence-electron chi connectivity index (χ0n) is 28.7. The van der Waals surface area contributed by atoms with E-state index in [4.69, 9.17) is 13.8 Å². The van der Waals surface area contributed by atoms with E-state index in [0.717, 1.165) is 72.3 Å². The molecule has 0 fully saturated rings. The van der Waals surface area contributed by atoms with Crippen molar-refractivity contribution in [2.24, 2.45) is 0 Å². The number of anilines is 3. The van der Waals surface area contributed by atoms with Crippen LogP contribution in [0.25, 0.3) is 77.9 Å². The van der Waals surface area contributed by atoms with Gasteiger partial charge in [-0.3, -0.25) is 0 Å². The molecule has 2 heterocycles. The van der Waals surface area contributed by atoms with Crippen LogP contribution in [0.1, 0.15) is 0 Å². The van der Waals surface area contributed by atoms with Gasteiger partial charge in [0.05, 0.1) is 5.69 Å². The van der Waals surface area contributed by atoms with Crippen LogP contribution in [0.15, 0.2) is 203 Å². The lowest BCUT2D eigenvalue weighted by Gasteiger charge is -2.28. The highest BCUT2D eigenvalue weighted by atomic mass is 16.4. The first kappa shape index (κ1) is 30.6. The van der Waals surface area contributed by atoms with Gasteiger partial charge in [-0.1, -0.05) is 121 Å². The zero-order chi connectivity index (χ0) is 35.1. The molecule has 0 aliphatic carbocycles. The van der Waals surface area contributed by atoms with Crippen LogP contribution >= 0.6 is 0 Å². The zero-order valence-corrected chi connectivity index (χ0v) is 28.7. The first-order valence-corrected chi connectivity index (χ1v) is 17.8. The summed E-state index contributed by atoms with van der Waals surface area (Å²) in [7, 11) is 0. The first-order chi connectivity index (χ1) is 26.2. The molecule has 8 aromatic carbocycles. The van der Waals surface area contributed by atoms with E-state index in [1.165, 1.54) is 11.1 Å². The van der Waals surface area contributed by atoms with Gasteiger partial charge < -0.3 is 13.7 Å². The molecule has 2 aromatic heterocycles. The largest absolute Gasteiger partial charge is 0.456 e. The summed E-state index contributed by atoms with van der Waals surface area (Å²) < 4.78 is 12.5. The third-order valence-corrected chi connectivity index (χ3v) is 9.90. The van der Waals surface area contributed by atoms with E-state index in [-0.39, 0.29) is 0 Å². The van der Waals surface area contributed by atoms with E-state index in [0.29, 0.717) is 11.5 Å². The second kappa shape index (κ2) is 12.9. The van der Waals surface area contributed by atoms with E-state index in [9.17, 15) is 0 Å². The number of furan rings is 1. The minimum absolute atomic E-state index is 0.606. The molecule has 4 heteroatoms. The molecule has 0 N–H and O–H groups in total. The Morgan fingerprint density at radius 3 is 1.62 bits per heavy atom. The molecular formula is C49H32N2O2. The smallest absolute Gasteiger partial charge is 0.227 e. The lowest BCUT2D eigenvalue weighted by Crippen LogP contribution is -2.11. The Labute approximate surface area is 306 Å². The van der Waals surface area contributed by atoms with Gasteiger partial charge in [-0.25, -0.2) is 4.98 Å². The van der Waals surface area contributed by atoms with Gasteiger partial charge >= 0.3 is 0 Å². The lowest BCUT2D eigenvalue weighted by molar-refractivity contribution is 0.617. The molecule has 0 spiro atoms. The third-order valence-electron chi connectivity index (χ3n) is 9.90. The summed E-state index contributed by atoms with van der Waals surface area (Å²) in [5.41, 5.74) is 14.2. The van der Waals surface area contributed by atoms with Gasteiger partial charge in [-0.05, 0) is 94.5 Å². The van der Waals surface area contributed by atoms with Crippen molar-refractivity contribution in [2.75, 3.05) is 4.90 Å². The molecule has 0 bridgehead atoms. The molecule has 0 aliphatic heterocycles. The average molecular weight is 681 g/mol. The second-order valence-electron chi connectivity index (χ2n) is 13.2. The Kier molecular flexibility index (Phi) is 7.43. The number of oxazole rings is 1. The van der Waals surface area contributed by atoms with Gasteiger partial charge in [0.1, 0.15) is 16.7 Å². The molecule has 53 heavy (non-hydrogen) atoms. The first-order valence-electron chi connectivity index (χ1n) is 17.8. The fraction of sp³-hybridized carbons (Fsp3) is 0. The summed E-state index contributed by atoms with van der Waals surface area (Å²) in [4.78, 5) is 7.12. The summed E-state index contributed by atoms with van der Waals surface area (Å²) >= 11 is 0. The standard InChI is InChI=1S/C49H32N2O2/c1-5-13-33(14-6-1)37-24-28-45(42(29-37)35-15-7-2-8-16-35)51(39-19-11-4-12-20-39)40-25-21-34(22-26-40)38-23-27-41-43-31-44-48(32-47(43)52-46(41)30-38)53-49(50-44)36-17-9-3-10-18-36/h1-32H. The van der Waals surface area contributed by atoms with E-state index < -0.39 is 0 Å². The van der Waals surface area contributed by atoms with Crippen molar-refractivity contribution in [1.82, 2.24) is 4.98 Å². The minimum atomic E-state index is 0.606. The molecule has 250 valence electrons. The van der Waals surface area contributed by atoms with Crippen LogP contribution in [-0.2, 0) is 0 Å². The molecule has 0 radical (unpaired) electrons. The molecule has 10 aromatic rings. The summed E-state index contributed by atoms with van der Waals surface area (Å²) in [5.74, 6) is 0.606. The number of fused-ring (bicyclic) bond motifs is 4. The highest BCUT2D eigenvalue weighted by Gasteiger charge is 2.19. The highest BCUT2D eigenvalue weighted by Crippen LogP contribution is 2.43. The predicted octanol–water partition coefficient (Wildman–Crippen LogP) is 13.9. The van der Waals surface area contributed by atoms with Gasteiger partial charge in [-0.15, -0.1) is 0 Å². The van der Waals surface area contributed by atoms with Crippen molar-refractivity contribution in [1.29, 1.82) is 0 Å². The number of rotatable bonds is 7. The van der Waals surface area contributed by atoms with Gasteiger partial charge in [0.15, 0.2) is 5.58 Å². The van der Waals surface area contributed by atoms with Crippen LogP contribution in [0, 0.1) is 0 Å². The molecule has 0 atom stereocenters. The van der Waals surface area contributed by atoms with Gasteiger partial charge in [-0.2, -0.15) is 0 Å². The molecule has 0 saturated carbocycles. The van der Waals surface area contributed by atoms with Crippen LogP contribution in [0.2, 0.25) is 0 Å². The summed E-state index contributed by atoms with van der Waals surface area (Å²) in [6.07, 6.45) is 0. The fourth-order valence-corrected chi connectivity index (χ4v) is 7.28. The van der Waals surface area contributed by atoms with Crippen molar-refractivity contribution >= 4 is 50.1 Å². The number of para-hydroxylation sites is 1. The molecule has 0 saturated heterocycles. The van der Waals surface area contributed by atoms with Crippen molar-refractivity contribution < 1.29 is 8.83 Å². The topological polar surface area (TPSA) is 42.4 Å². The van der Waals surface area contributed by atoms with Crippen LogP contribution in [0.3, 0.4) is 0 Å². The van der Waals surface area contributed by atoms with Crippen molar-refractivity contribution in [3.8, 4) is 44.8 Å². The van der Waals surface area contributed by atoms with Crippen LogP contribution < -0.4 is 4.90 Å². The van der Waals surface area contributed by atoms with Crippen molar-refractivity contribution in [3.63, 3.8) is 0 Å². The minimum Gasteiger partial charge on any atom is -0.456 e. The number of aromatic nitrogens is 1. The van der Waals surface area contributed by atoms with Gasteiger partial charge in [0.25, 0.3) is 0 Å². The number of hydrogen-bond donors (Lipinski definition) is 0. The van der Waals surface area contributed by atoms with E-state index in [2.05, 4.69) is 163 Å². The number of benzene rings is 8. The monoisotopic (exact) mass is 680 g/mol. The highest BCUT2D eigenvalue weighted by molar-refractivity contribution is 6.09. The van der Waals surface area contributed by atoms with E-state index >= 15 is 0 Å². The van der Waals surface area contributed by atoms with Crippen molar-refractivity contribution in [2.45, 2.75) is 0 Å². The van der Waals surface area contributed by atoms with E-state index in [1.807, 2.05) is 36.4 Å². The third kappa shape index (κ3) is 5.63. The molecule has 0 unspecified atom stereocenters. The molecule has 10 rings (SSSR count). The summed E-state index contributed by atoms with van der Waals surface area (Å²) in [6.45, 7) is 0. The van der Waals surface area contributed by atoms with Crippen molar-refractivity contribution in [3.05, 3.63) is 194 Å². The van der Waals surface area contributed by atoms with Crippen LogP contribution in [-0.4, -0.2) is 4.98 Å². The second-order valence-corrected chi connectivity index (χ2v) is 13.2. The van der Waals surface area contributed by atoms with E-state index in [1.54, 1.807) is 0 Å². The average Bonchev–Trinajstić information content (AvgIpc) is 3.82. The van der Waals surface area contributed by atoms with Crippen LogP contribution in [0.5, 0.6) is 0 Å². The molecular weight excluding hydrogens is 649 g/mol. The maximum Gasteiger partial charge on any atom is 0.227 e. The Morgan fingerprint density at radius 1 is 0.358 bits per heavy atom. The Hall–Kier alpha value is -7.17. The summed E-state index contributed by atoms with van der Waals surface area (Å²) in [5, 5.41) is 2.07. The van der Waals surface area contributed by atoms with Gasteiger partial charge in [0, 0.05) is 39.3 Å². The Balaban J connectivity index is 1.03. The molecule has 0 aliphatic rings. The lowest BCUT2D eigenvalue weighted by atomic mass is 9.96. The Morgan fingerprint density at radius 2 is 0.906 bits per heavy atom. The maximum atomic E-state index is 6.42. The maximum absolute atomic E-state index is 6.42. The SMILES string of the molecule is c1ccc(-c2ccc(N(c3ccccc3)c3ccc(-c4ccc5c(c4)oc4cc6oc(-c7ccccc7)nc6cc45)cc3)c(-c3ccccc3)c2)cc1. The number of nitrogens with zero attached hydrogens (tertiary/aromatic N) is 2. The number of hydrogen-bond acceptors (Lipinski definition) is 4. The quantitative estimate of drug-likeness (QED) is 0.168. The predicted molar refractivity (Wildman–Crippen MR) is 218 cm³/mol. The summed E-state index contributed by atoms with van der Waals surface area (Å²) in [6, 6.07) is 67.8. The molecule has 4 nitrogen and oxygen atoms in total. The molecule has 0 amide bonds. The normalized spacial score (nSPS) is 11.4. The Bertz CT molecular complexity index is 2860.